The van der Waals surface area contributed by atoms with Crippen LogP contribution in [0.4, 0.5) is 0 Å². The fourth-order valence-corrected chi connectivity index (χ4v) is 2.47. The van der Waals surface area contributed by atoms with Crippen molar-refractivity contribution in [2.24, 2.45) is 5.73 Å². The van der Waals surface area contributed by atoms with Crippen LogP contribution in [0.2, 0.25) is 0 Å². The van der Waals surface area contributed by atoms with E-state index < -0.39 is 0 Å². The molecule has 3 nitrogen and oxygen atoms in total. The summed E-state index contributed by atoms with van der Waals surface area (Å²) in [5.74, 6) is -0.287. The Balaban J connectivity index is 2.33. The molecule has 0 aromatic heterocycles. The van der Waals surface area contributed by atoms with Gasteiger partial charge >= 0.3 is 0 Å². The highest BCUT2D eigenvalue weighted by atomic mass is 16.5. The Labute approximate surface area is 105 Å². The van der Waals surface area contributed by atoms with Crippen molar-refractivity contribution in [3.8, 4) is 0 Å². The van der Waals surface area contributed by atoms with Crippen LogP contribution in [-0.2, 0) is 9.53 Å². The van der Waals surface area contributed by atoms with Crippen LogP contribution in [0.15, 0.2) is 0 Å². The highest BCUT2D eigenvalue weighted by Gasteiger charge is 2.21. The minimum absolute atomic E-state index is 0.261. The van der Waals surface area contributed by atoms with E-state index in [1.165, 1.54) is 25.7 Å². The van der Waals surface area contributed by atoms with Gasteiger partial charge in [-0.3, -0.25) is 4.79 Å². The molecule has 0 aromatic carbocycles. The Morgan fingerprint density at radius 2 is 1.88 bits per heavy atom. The summed E-state index contributed by atoms with van der Waals surface area (Å²) in [5, 5.41) is 0. The summed E-state index contributed by atoms with van der Waals surface area (Å²) in [7, 11) is 0. The second kappa shape index (κ2) is 8.51. The number of carbonyl (C=O) groups excluding carboxylic acids is 1. The van der Waals surface area contributed by atoms with E-state index in [0.29, 0.717) is 0 Å². The van der Waals surface area contributed by atoms with Crippen LogP contribution in [0.5, 0.6) is 0 Å². The van der Waals surface area contributed by atoms with Crippen LogP contribution >= 0.6 is 0 Å². The summed E-state index contributed by atoms with van der Waals surface area (Å²) >= 11 is 0. The minimum Gasteiger partial charge on any atom is -0.367 e. The van der Waals surface area contributed by atoms with Crippen molar-refractivity contribution >= 4 is 5.91 Å². The lowest BCUT2D eigenvalue weighted by Gasteiger charge is -2.21. The van der Waals surface area contributed by atoms with Gasteiger partial charge in [0.25, 0.3) is 0 Å². The van der Waals surface area contributed by atoms with E-state index in [2.05, 4.69) is 6.92 Å². The van der Waals surface area contributed by atoms with E-state index >= 15 is 0 Å². The Morgan fingerprint density at radius 3 is 2.41 bits per heavy atom. The molecule has 100 valence electrons. The maximum atomic E-state index is 11.4. The minimum atomic E-state index is -0.357. The van der Waals surface area contributed by atoms with Gasteiger partial charge in [0.05, 0.1) is 6.10 Å². The van der Waals surface area contributed by atoms with Gasteiger partial charge in [0.1, 0.15) is 6.10 Å². The predicted octanol–water partition coefficient (Wildman–Crippen LogP) is 3.16. The Hall–Kier alpha value is -0.570. The van der Waals surface area contributed by atoms with Gasteiger partial charge in [-0.15, -0.1) is 0 Å². The summed E-state index contributed by atoms with van der Waals surface area (Å²) < 4.78 is 5.90. The lowest BCUT2D eigenvalue weighted by Crippen LogP contribution is -2.34. The van der Waals surface area contributed by atoms with Gasteiger partial charge < -0.3 is 10.5 Å². The van der Waals surface area contributed by atoms with E-state index in [1.807, 2.05) is 0 Å². The van der Waals surface area contributed by atoms with Crippen molar-refractivity contribution in [2.45, 2.75) is 83.3 Å². The number of amides is 1. The van der Waals surface area contributed by atoms with Gasteiger partial charge in [-0.1, -0.05) is 51.9 Å². The first-order chi connectivity index (χ1) is 8.24. The van der Waals surface area contributed by atoms with Crippen LogP contribution in [0.1, 0.15) is 71.1 Å². The molecule has 0 spiro atoms. The number of rotatable bonds is 7. The first kappa shape index (κ1) is 14.5. The standard InChI is InChI=1S/C14H27NO2/c1-2-3-6-11-13(14(15)16)17-12-9-7-4-5-8-10-12/h12-13H,2-11H2,1H3,(H2,15,16). The average molecular weight is 241 g/mol. The van der Waals surface area contributed by atoms with Crippen LogP contribution in [-0.4, -0.2) is 18.1 Å². The molecule has 0 bridgehead atoms. The van der Waals surface area contributed by atoms with Crippen LogP contribution in [0.3, 0.4) is 0 Å². The van der Waals surface area contributed by atoms with Gasteiger partial charge in [0, 0.05) is 0 Å². The summed E-state index contributed by atoms with van der Waals surface area (Å²) in [6, 6.07) is 0. The number of hydrogen-bond donors (Lipinski definition) is 1. The molecule has 17 heavy (non-hydrogen) atoms. The van der Waals surface area contributed by atoms with Crippen LogP contribution < -0.4 is 5.73 Å². The molecule has 0 heterocycles. The summed E-state index contributed by atoms with van der Waals surface area (Å²) in [5.41, 5.74) is 5.41. The molecule has 0 radical (unpaired) electrons. The maximum absolute atomic E-state index is 11.4. The van der Waals surface area contributed by atoms with E-state index in [-0.39, 0.29) is 18.1 Å². The summed E-state index contributed by atoms with van der Waals surface area (Å²) in [6.45, 7) is 2.16. The quantitative estimate of drug-likeness (QED) is 0.550. The molecule has 0 aromatic rings. The Morgan fingerprint density at radius 1 is 1.24 bits per heavy atom. The van der Waals surface area contributed by atoms with Gasteiger partial charge in [-0.25, -0.2) is 0 Å². The number of ether oxygens (including phenoxy) is 1. The predicted molar refractivity (Wildman–Crippen MR) is 69.7 cm³/mol. The molecule has 0 saturated heterocycles. The molecule has 1 saturated carbocycles. The first-order valence-corrected chi connectivity index (χ1v) is 7.18. The highest BCUT2D eigenvalue weighted by Crippen LogP contribution is 2.22. The van der Waals surface area contributed by atoms with Gasteiger partial charge in [0.2, 0.25) is 5.91 Å². The molecular weight excluding hydrogens is 214 g/mol. The third-order valence-corrected chi connectivity index (χ3v) is 3.55. The molecule has 1 atom stereocenters. The zero-order valence-corrected chi connectivity index (χ0v) is 11.1. The normalized spacial score (nSPS) is 19.8. The molecule has 2 N–H and O–H groups in total. The number of unbranched alkanes of at least 4 members (excludes halogenated alkanes) is 2. The molecule has 1 rings (SSSR count). The van der Waals surface area contributed by atoms with Crippen molar-refractivity contribution in [3.63, 3.8) is 0 Å². The zero-order chi connectivity index (χ0) is 12.5. The van der Waals surface area contributed by atoms with Gasteiger partial charge in [-0.05, 0) is 19.3 Å². The molecule has 0 aliphatic heterocycles. The number of primary amides is 1. The number of nitrogens with two attached hydrogens (primary N) is 1. The largest absolute Gasteiger partial charge is 0.367 e. The molecule has 1 amide bonds. The zero-order valence-electron chi connectivity index (χ0n) is 11.1. The Kier molecular flexibility index (Phi) is 7.25. The van der Waals surface area contributed by atoms with E-state index in [0.717, 1.165) is 38.5 Å². The molecule has 1 aliphatic rings. The molecule has 1 fully saturated rings. The van der Waals surface area contributed by atoms with Gasteiger partial charge in [0.15, 0.2) is 0 Å². The first-order valence-electron chi connectivity index (χ1n) is 7.18. The van der Waals surface area contributed by atoms with Crippen LogP contribution in [0, 0.1) is 0 Å². The second-order valence-corrected chi connectivity index (χ2v) is 5.14. The van der Waals surface area contributed by atoms with Crippen LogP contribution in [0.25, 0.3) is 0 Å². The third-order valence-electron chi connectivity index (χ3n) is 3.55. The summed E-state index contributed by atoms with van der Waals surface area (Å²) in [4.78, 5) is 11.4. The number of carbonyl (C=O) groups is 1. The smallest absolute Gasteiger partial charge is 0.246 e. The van der Waals surface area contributed by atoms with E-state index in [4.69, 9.17) is 10.5 Å². The van der Waals surface area contributed by atoms with Crippen molar-refractivity contribution < 1.29 is 9.53 Å². The second-order valence-electron chi connectivity index (χ2n) is 5.14. The topological polar surface area (TPSA) is 52.3 Å². The highest BCUT2D eigenvalue weighted by molar-refractivity contribution is 5.78. The van der Waals surface area contributed by atoms with E-state index in [9.17, 15) is 4.79 Å². The fourth-order valence-electron chi connectivity index (χ4n) is 2.47. The fraction of sp³-hybridized carbons (Fsp3) is 0.929. The monoisotopic (exact) mass is 241 g/mol. The number of hydrogen-bond acceptors (Lipinski definition) is 2. The lowest BCUT2D eigenvalue weighted by atomic mass is 10.1. The van der Waals surface area contributed by atoms with Crippen molar-refractivity contribution in [3.05, 3.63) is 0 Å². The van der Waals surface area contributed by atoms with Crippen molar-refractivity contribution in [1.82, 2.24) is 0 Å². The SMILES string of the molecule is CCCCCC(OC1CCCCCC1)C(N)=O. The molecular formula is C14H27NO2. The average Bonchev–Trinajstić information content (AvgIpc) is 2.56. The Bertz CT molecular complexity index is 210. The molecule has 3 heteroatoms. The molecule has 1 aliphatic carbocycles. The summed E-state index contributed by atoms with van der Waals surface area (Å²) in [6.07, 6.45) is 11.3. The lowest BCUT2D eigenvalue weighted by molar-refractivity contribution is -0.134. The van der Waals surface area contributed by atoms with E-state index in [1.54, 1.807) is 0 Å². The molecule has 1 unspecified atom stereocenters. The van der Waals surface area contributed by atoms with Gasteiger partial charge in [-0.2, -0.15) is 0 Å². The third kappa shape index (κ3) is 6.06. The maximum Gasteiger partial charge on any atom is 0.246 e. The van der Waals surface area contributed by atoms with Crippen molar-refractivity contribution in [1.29, 1.82) is 0 Å². The van der Waals surface area contributed by atoms with Crippen molar-refractivity contribution in [2.75, 3.05) is 0 Å².